The van der Waals surface area contributed by atoms with Crippen molar-refractivity contribution in [2.45, 2.75) is 31.7 Å². The summed E-state index contributed by atoms with van der Waals surface area (Å²) in [5.41, 5.74) is 0. The Morgan fingerprint density at radius 3 is 2.82 bits per heavy atom. The second-order valence-corrected chi connectivity index (χ2v) is 2.97. The first-order valence-electron chi connectivity index (χ1n) is 4.39. The van der Waals surface area contributed by atoms with Crippen LogP contribution in [0.1, 0.15) is 25.7 Å². The molecule has 0 bridgehead atoms. The fourth-order valence-corrected chi connectivity index (χ4v) is 1.54. The average molecular weight is 155 g/mol. The molecule has 64 valence electrons. The lowest BCUT2D eigenvalue weighted by atomic mass is 10.2. The van der Waals surface area contributed by atoms with E-state index in [4.69, 9.17) is 4.74 Å². The Labute approximate surface area is 68.6 Å². The highest BCUT2D eigenvalue weighted by Gasteiger charge is 2.12. The van der Waals surface area contributed by atoms with Crippen LogP contribution in [-0.4, -0.2) is 19.2 Å². The van der Waals surface area contributed by atoms with Crippen LogP contribution in [0.2, 0.25) is 0 Å². The molecule has 0 aromatic carbocycles. The van der Waals surface area contributed by atoms with Gasteiger partial charge in [-0.1, -0.05) is 19.4 Å². The lowest BCUT2D eigenvalue weighted by Crippen LogP contribution is -2.28. The number of ether oxygens (including phenoxy) is 1. The summed E-state index contributed by atoms with van der Waals surface area (Å²) in [6.07, 6.45) is 6.96. The van der Waals surface area contributed by atoms with Gasteiger partial charge in [-0.3, -0.25) is 0 Å². The quantitative estimate of drug-likeness (QED) is 0.482. The maximum Gasteiger partial charge on any atom is 0.0997 e. The molecule has 0 aromatic rings. The molecule has 0 amide bonds. The summed E-state index contributed by atoms with van der Waals surface area (Å²) in [5.74, 6) is 0. The predicted octanol–water partition coefficient (Wildman–Crippen LogP) is 1.68. The Hall–Kier alpha value is -0.500. The molecule has 0 atom stereocenters. The van der Waals surface area contributed by atoms with Gasteiger partial charge in [-0.25, -0.2) is 0 Å². The molecule has 0 aliphatic heterocycles. The maximum absolute atomic E-state index is 4.99. The zero-order valence-electron chi connectivity index (χ0n) is 7.01. The van der Waals surface area contributed by atoms with E-state index in [9.17, 15) is 0 Å². The SMILES string of the molecule is C=COCCNC1CCCC1. The molecule has 1 saturated carbocycles. The summed E-state index contributed by atoms with van der Waals surface area (Å²) in [6, 6.07) is 0.753. The summed E-state index contributed by atoms with van der Waals surface area (Å²) < 4.78 is 4.99. The Balaban J connectivity index is 1.89. The van der Waals surface area contributed by atoms with Crippen LogP contribution in [0, 0.1) is 0 Å². The van der Waals surface area contributed by atoms with E-state index >= 15 is 0 Å². The Bertz CT molecular complexity index is 108. The minimum atomic E-state index is 0.750. The maximum atomic E-state index is 4.99. The molecule has 11 heavy (non-hydrogen) atoms. The van der Waals surface area contributed by atoms with Gasteiger partial charge in [0.2, 0.25) is 0 Å². The van der Waals surface area contributed by atoms with E-state index in [-0.39, 0.29) is 0 Å². The van der Waals surface area contributed by atoms with Gasteiger partial charge < -0.3 is 10.1 Å². The van der Waals surface area contributed by atoms with Crippen LogP contribution in [0.15, 0.2) is 12.8 Å². The standard InChI is InChI=1S/C9H17NO/c1-2-11-8-7-10-9-5-3-4-6-9/h2,9-10H,1,3-8H2. The molecule has 0 unspecified atom stereocenters. The molecule has 0 heterocycles. The minimum absolute atomic E-state index is 0.750. The van der Waals surface area contributed by atoms with E-state index in [0.29, 0.717) is 0 Å². The average Bonchev–Trinajstić information content (AvgIpc) is 2.50. The first-order valence-corrected chi connectivity index (χ1v) is 4.39. The van der Waals surface area contributed by atoms with E-state index in [2.05, 4.69) is 11.9 Å². The van der Waals surface area contributed by atoms with Crippen LogP contribution < -0.4 is 5.32 Å². The van der Waals surface area contributed by atoms with Gasteiger partial charge in [0.15, 0.2) is 0 Å². The highest BCUT2D eigenvalue weighted by atomic mass is 16.5. The second kappa shape index (κ2) is 5.19. The van der Waals surface area contributed by atoms with Crippen LogP contribution in [0.5, 0.6) is 0 Å². The summed E-state index contributed by atoms with van der Waals surface area (Å²) in [7, 11) is 0. The fourth-order valence-electron chi connectivity index (χ4n) is 1.54. The third-order valence-electron chi connectivity index (χ3n) is 2.13. The number of hydrogen-bond acceptors (Lipinski definition) is 2. The lowest BCUT2D eigenvalue weighted by molar-refractivity contribution is 0.245. The van der Waals surface area contributed by atoms with Crippen LogP contribution in [0.3, 0.4) is 0 Å². The van der Waals surface area contributed by atoms with Crippen molar-refractivity contribution in [1.29, 1.82) is 0 Å². The van der Waals surface area contributed by atoms with Gasteiger partial charge in [0.1, 0.15) is 0 Å². The van der Waals surface area contributed by atoms with E-state index in [1.54, 1.807) is 0 Å². The van der Waals surface area contributed by atoms with Gasteiger partial charge in [-0.15, -0.1) is 0 Å². The van der Waals surface area contributed by atoms with Gasteiger partial charge >= 0.3 is 0 Å². The third kappa shape index (κ3) is 3.42. The molecule has 1 fully saturated rings. The minimum Gasteiger partial charge on any atom is -0.500 e. The highest BCUT2D eigenvalue weighted by molar-refractivity contribution is 4.73. The zero-order chi connectivity index (χ0) is 7.94. The highest BCUT2D eigenvalue weighted by Crippen LogP contribution is 2.16. The summed E-state index contributed by atoms with van der Waals surface area (Å²) in [5, 5.41) is 3.44. The number of nitrogens with one attached hydrogen (secondary N) is 1. The summed E-state index contributed by atoms with van der Waals surface area (Å²) in [6.45, 7) is 5.19. The molecule has 1 aliphatic rings. The van der Waals surface area contributed by atoms with Crippen molar-refractivity contribution in [3.63, 3.8) is 0 Å². The lowest BCUT2D eigenvalue weighted by Gasteiger charge is -2.10. The van der Waals surface area contributed by atoms with Gasteiger partial charge in [0.05, 0.1) is 12.9 Å². The molecule has 2 heteroatoms. The normalized spacial score (nSPS) is 18.5. The molecular weight excluding hydrogens is 138 g/mol. The second-order valence-electron chi connectivity index (χ2n) is 2.97. The van der Waals surface area contributed by atoms with E-state index < -0.39 is 0 Å². The smallest absolute Gasteiger partial charge is 0.0997 e. The first kappa shape index (κ1) is 8.60. The molecule has 0 aromatic heterocycles. The van der Waals surface area contributed by atoms with Crippen molar-refractivity contribution in [2.75, 3.05) is 13.2 Å². The van der Waals surface area contributed by atoms with Crippen molar-refractivity contribution >= 4 is 0 Å². The largest absolute Gasteiger partial charge is 0.500 e. The van der Waals surface area contributed by atoms with E-state index in [1.807, 2.05) is 0 Å². The fraction of sp³-hybridized carbons (Fsp3) is 0.778. The Morgan fingerprint density at radius 2 is 2.18 bits per heavy atom. The van der Waals surface area contributed by atoms with Gasteiger partial charge in [0, 0.05) is 12.6 Å². The van der Waals surface area contributed by atoms with Crippen molar-refractivity contribution in [3.05, 3.63) is 12.8 Å². The molecule has 0 spiro atoms. The molecule has 1 aliphatic carbocycles. The van der Waals surface area contributed by atoms with Crippen LogP contribution in [-0.2, 0) is 4.74 Å². The molecule has 2 nitrogen and oxygen atoms in total. The van der Waals surface area contributed by atoms with E-state index in [0.717, 1.165) is 19.2 Å². The summed E-state index contributed by atoms with van der Waals surface area (Å²) in [4.78, 5) is 0. The zero-order valence-corrected chi connectivity index (χ0v) is 7.01. The van der Waals surface area contributed by atoms with Crippen molar-refractivity contribution < 1.29 is 4.74 Å². The first-order chi connectivity index (χ1) is 5.43. The van der Waals surface area contributed by atoms with Gasteiger partial charge in [-0.05, 0) is 12.8 Å². The molecule has 1 N–H and O–H groups in total. The van der Waals surface area contributed by atoms with Crippen molar-refractivity contribution in [1.82, 2.24) is 5.32 Å². The monoisotopic (exact) mass is 155 g/mol. The summed E-state index contributed by atoms with van der Waals surface area (Å²) >= 11 is 0. The molecule has 0 saturated heterocycles. The third-order valence-corrected chi connectivity index (χ3v) is 2.13. The van der Waals surface area contributed by atoms with Crippen LogP contribution in [0.25, 0.3) is 0 Å². The Morgan fingerprint density at radius 1 is 1.45 bits per heavy atom. The van der Waals surface area contributed by atoms with Crippen LogP contribution >= 0.6 is 0 Å². The topological polar surface area (TPSA) is 21.3 Å². The molecular formula is C9H17NO. The molecule has 1 rings (SSSR count). The van der Waals surface area contributed by atoms with Gasteiger partial charge in [-0.2, -0.15) is 0 Å². The van der Waals surface area contributed by atoms with Crippen LogP contribution in [0.4, 0.5) is 0 Å². The Kier molecular flexibility index (Phi) is 4.06. The van der Waals surface area contributed by atoms with Crippen molar-refractivity contribution in [3.8, 4) is 0 Å². The predicted molar refractivity (Wildman–Crippen MR) is 46.4 cm³/mol. The number of hydrogen-bond donors (Lipinski definition) is 1. The van der Waals surface area contributed by atoms with E-state index in [1.165, 1.54) is 31.9 Å². The molecule has 0 radical (unpaired) electrons. The van der Waals surface area contributed by atoms with Crippen molar-refractivity contribution in [2.24, 2.45) is 0 Å². The van der Waals surface area contributed by atoms with Gasteiger partial charge in [0.25, 0.3) is 0 Å². The number of rotatable bonds is 5.